The molecule has 2 N–H and O–H groups in total. The first-order valence-electron chi connectivity index (χ1n) is 6.00. The third kappa shape index (κ3) is 2.31. The van der Waals surface area contributed by atoms with Crippen LogP contribution in [-0.2, 0) is 6.42 Å². The molecule has 2 aromatic rings. The molecule has 2 rings (SSSR count). The molecule has 0 bridgehead atoms. The summed E-state index contributed by atoms with van der Waals surface area (Å²) in [5.74, 6) is 0.752. The van der Waals surface area contributed by atoms with Crippen molar-refractivity contribution in [1.82, 2.24) is 9.55 Å². The number of aromatic nitrogens is 2. The highest BCUT2D eigenvalue weighted by atomic mass is 19.1. The minimum atomic E-state index is -0.240. The Kier molecular flexibility index (Phi) is 3.43. The first-order chi connectivity index (χ1) is 8.13. The summed E-state index contributed by atoms with van der Waals surface area (Å²) < 4.78 is 15.3. The summed E-state index contributed by atoms with van der Waals surface area (Å²) in [7, 11) is 0. The molecule has 1 heterocycles. The van der Waals surface area contributed by atoms with Crippen LogP contribution in [0.2, 0.25) is 0 Å². The van der Waals surface area contributed by atoms with Crippen molar-refractivity contribution in [3.63, 3.8) is 0 Å². The Balaban J connectivity index is 2.53. The molecule has 4 heteroatoms. The standard InChI is InChI=1S/C13H18FN3/c1-9(2)17-12-6-5-10(14)8-11(12)16-13(17)4-3-7-15/h5-6,8-9H,3-4,7,15H2,1-2H3. The molecule has 17 heavy (non-hydrogen) atoms. The minimum Gasteiger partial charge on any atom is -0.330 e. The number of imidazole rings is 1. The molecule has 0 atom stereocenters. The molecule has 0 saturated carbocycles. The highest BCUT2D eigenvalue weighted by Gasteiger charge is 2.13. The second kappa shape index (κ2) is 4.84. The zero-order valence-corrected chi connectivity index (χ0v) is 10.3. The summed E-state index contributed by atoms with van der Waals surface area (Å²) in [6.45, 7) is 4.86. The summed E-state index contributed by atoms with van der Waals surface area (Å²) in [5, 5.41) is 0. The van der Waals surface area contributed by atoms with Gasteiger partial charge >= 0.3 is 0 Å². The fraction of sp³-hybridized carbons (Fsp3) is 0.462. The van der Waals surface area contributed by atoms with E-state index in [9.17, 15) is 4.39 Å². The monoisotopic (exact) mass is 235 g/mol. The van der Waals surface area contributed by atoms with Crippen LogP contribution in [0.1, 0.15) is 32.1 Å². The normalized spacial score (nSPS) is 11.6. The second-order valence-electron chi connectivity index (χ2n) is 4.52. The number of fused-ring (bicyclic) bond motifs is 1. The van der Waals surface area contributed by atoms with Gasteiger partial charge in [0.15, 0.2) is 0 Å². The lowest BCUT2D eigenvalue weighted by molar-refractivity contribution is 0.576. The Morgan fingerprint density at radius 3 is 2.82 bits per heavy atom. The Morgan fingerprint density at radius 1 is 1.41 bits per heavy atom. The number of nitrogens with zero attached hydrogens (tertiary/aromatic N) is 2. The van der Waals surface area contributed by atoms with Crippen molar-refractivity contribution < 1.29 is 4.39 Å². The van der Waals surface area contributed by atoms with E-state index in [0.717, 1.165) is 29.7 Å². The van der Waals surface area contributed by atoms with Gasteiger partial charge in [0.05, 0.1) is 11.0 Å². The summed E-state index contributed by atoms with van der Waals surface area (Å²) in [5.41, 5.74) is 7.25. The zero-order chi connectivity index (χ0) is 12.4. The molecule has 3 nitrogen and oxygen atoms in total. The molecule has 92 valence electrons. The number of hydrogen-bond donors (Lipinski definition) is 1. The molecule has 0 fully saturated rings. The lowest BCUT2D eigenvalue weighted by atomic mass is 10.2. The molecule has 1 aromatic heterocycles. The van der Waals surface area contributed by atoms with E-state index in [1.807, 2.05) is 0 Å². The third-order valence-corrected chi connectivity index (χ3v) is 2.85. The van der Waals surface area contributed by atoms with Gasteiger partial charge in [0.2, 0.25) is 0 Å². The van der Waals surface area contributed by atoms with Crippen LogP contribution in [0.15, 0.2) is 18.2 Å². The second-order valence-corrected chi connectivity index (χ2v) is 4.52. The van der Waals surface area contributed by atoms with E-state index in [1.165, 1.54) is 12.1 Å². The van der Waals surface area contributed by atoms with E-state index < -0.39 is 0 Å². The summed E-state index contributed by atoms with van der Waals surface area (Å²) >= 11 is 0. The van der Waals surface area contributed by atoms with Crippen molar-refractivity contribution in [2.24, 2.45) is 5.73 Å². The van der Waals surface area contributed by atoms with Gasteiger partial charge in [-0.3, -0.25) is 0 Å². The first kappa shape index (κ1) is 12.0. The Morgan fingerprint density at radius 2 is 2.18 bits per heavy atom. The average Bonchev–Trinajstić information content (AvgIpc) is 2.63. The van der Waals surface area contributed by atoms with Gasteiger partial charge in [0.1, 0.15) is 11.6 Å². The molecule has 0 saturated heterocycles. The predicted octanol–water partition coefficient (Wildman–Crippen LogP) is 2.65. The summed E-state index contributed by atoms with van der Waals surface area (Å²) in [6, 6.07) is 5.08. The van der Waals surface area contributed by atoms with Crippen LogP contribution in [0.5, 0.6) is 0 Å². The molecule has 0 aliphatic rings. The van der Waals surface area contributed by atoms with E-state index in [4.69, 9.17) is 5.73 Å². The Hall–Kier alpha value is -1.42. The maximum absolute atomic E-state index is 13.2. The predicted molar refractivity (Wildman–Crippen MR) is 67.5 cm³/mol. The van der Waals surface area contributed by atoms with Crippen molar-refractivity contribution in [1.29, 1.82) is 0 Å². The number of halogens is 1. The zero-order valence-electron chi connectivity index (χ0n) is 10.3. The maximum atomic E-state index is 13.2. The van der Waals surface area contributed by atoms with Crippen LogP contribution in [0, 0.1) is 5.82 Å². The van der Waals surface area contributed by atoms with Gasteiger partial charge in [-0.25, -0.2) is 9.37 Å². The summed E-state index contributed by atoms with van der Waals surface area (Å²) in [4.78, 5) is 4.50. The van der Waals surface area contributed by atoms with Crippen LogP contribution >= 0.6 is 0 Å². The molecular formula is C13H18FN3. The van der Waals surface area contributed by atoms with Crippen molar-refractivity contribution in [2.75, 3.05) is 6.54 Å². The minimum absolute atomic E-state index is 0.240. The average molecular weight is 235 g/mol. The first-order valence-corrected chi connectivity index (χ1v) is 6.00. The highest BCUT2D eigenvalue weighted by molar-refractivity contribution is 5.76. The molecule has 0 aliphatic heterocycles. The summed E-state index contributed by atoms with van der Waals surface area (Å²) in [6.07, 6.45) is 1.74. The molecular weight excluding hydrogens is 217 g/mol. The van der Waals surface area contributed by atoms with E-state index in [-0.39, 0.29) is 5.82 Å². The number of benzene rings is 1. The molecule has 0 radical (unpaired) electrons. The van der Waals surface area contributed by atoms with Gasteiger partial charge in [-0.05, 0) is 38.9 Å². The fourth-order valence-electron chi connectivity index (χ4n) is 2.13. The van der Waals surface area contributed by atoms with Crippen molar-refractivity contribution >= 4 is 11.0 Å². The number of rotatable bonds is 4. The van der Waals surface area contributed by atoms with E-state index in [0.29, 0.717) is 12.6 Å². The fourth-order valence-corrected chi connectivity index (χ4v) is 2.13. The largest absolute Gasteiger partial charge is 0.330 e. The quantitative estimate of drug-likeness (QED) is 0.885. The van der Waals surface area contributed by atoms with Crippen molar-refractivity contribution in [3.8, 4) is 0 Å². The third-order valence-electron chi connectivity index (χ3n) is 2.85. The van der Waals surface area contributed by atoms with E-state index in [1.54, 1.807) is 6.07 Å². The van der Waals surface area contributed by atoms with Crippen LogP contribution in [-0.4, -0.2) is 16.1 Å². The van der Waals surface area contributed by atoms with Crippen molar-refractivity contribution in [3.05, 3.63) is 29.8 Å². The van der Waals surface area contributed by atoms with Crippen LogP contribution < -0.4 is 5.73 Å². The maximum Gasteiger partial charge on any atom is 0.125 e. The molecule has 0 spiro atoms. The Bertz CT molecular complexity index is 517. The molecule has 0 unspecified atom stereocenters. The lowest BCUT2D eigenvalue weighted by Gasteiger charge is -2.12. The lowest BCUT2D eigenvalue weighted by Crippen LogP contribution is -2.09. The van der Waals surface area contributed by atoms with Crippen LogP contribution in [0.3, 0.4) is 0 Å². The van der Waals surface area contributed by atoms with Gasteiger partial charge in [0, 0.05) is 18.5 Å². The van der Waals surface area contributed by atoms with Crippen LogP contribution in [0.4, 0.5) is 4.39 Å². The van der Waals surface area contributed by atoms with Gasteiger partial charge in [-0.15, -0.1) is 0 Å². The molecule has 0 aliphatic carbocycles. The molecule has 1 aromatic carbocycles. The number of hydrogen-bond acceptors (Lipinski definition) is 2. The highest BCUT2D eigenvalue weighted by Crippen LogP contribution is 2.22. The van der Waals surface area contributed by atoms with Gasteiger partial charge < -0.3 is 10.3 Å². The topological polar surface area (TPSA) is 43.8 Å². The van der Waals surface area contributed by atoms with Crippen LogP contribution in [0.25, 0.3) is 11.0 Å². The molecule has 0 amide bonds. The van der Waals surface area contributed by atoms with Gasteiger partial charge in [-0.1, -0.05) is 0 Å². The SMILES string of the molecule is CC(C)n1c(CCCN)nc2cc(F)ccc21. The van der Waals surface area contributed by atoms with Crippen molar-refractivity contribution in [2.45, 2.75) is 32.7 Å². The number of nitrogens with two attached hydrogens (primary N) is 1. The Labute approximate surface area is 100 Å². The van der Waals surface area contributed by atoms with Gasteiger partial charge in [0.25, 0.3) is 0 Å². The van der Waals surface area contributed by atoms with Gasteiger partial charge in [-0.2, -0.15) is 0 Å². The number of aryl methyl sites for hydroxylation is 1. The smallest absolute Gasteiger partial charge is 0.125 e. The van der Waals surface area contributed by atoms with E-state index in [2.05, 4.69) is 23.4 Å². The van der Waals surface area contributed by atoms with E-state index >= 15 is 0 Å².